The number of hydrogen-bond acceptors (Lipinski definition) is 6. The van der Waals surface area contributed by atoms with Crippen LogP contribution in [0.25, 0.3) is 0 Å². The van der Waals surface area contributed by atoms with Gasteiger partial charge in [-0.05, 0) is 19.4 Å². The standard InChI is InChI=1S/C16H22N4O2/c1-2-21-14-9-18-16(19-10-14)20-13-5-3-12(4-6-13)15-11-17-7-8-22-15/h3,5-6,9-10,12,15,17H,2,4,7-8,11H2,1H3,(H,18,19,20)/t12?,15-/m1/s1. The van der Waals surface area contributed by atoms with Gasteiger partial charge in [-0.3, -0.25) is 0 Å². The maximum Gasteiger partial charge on any atom is 0.227 e. The molecular formula is C16H22N4O2. The fourth-order valence-corrected chi connectivity index (χ4v) is 2.62. The highest BCUT2D eigenvalue weighted by Crippen LogP contribution is 2.23. The van der Waals surface area contributed by atoms with Crippen molar-refractivity contribution in [2.24, 2.45) is 5.92 Å². The third-order valence-electron chi connectivity index (χ3n) is 3.76. The highest BCUT2D eigenvalue weighted by atomic mass is 16.5. The third kappa shape index (κ3) is 3.84. The average molecular weight is 302 g/mol. The molecule has 1 aliphatic heterocycles. The summed E-state index contributed by atoms with van der Waals surface area (Å²) in [7, 11) is 0. The van der Waals surface area contributed by atoms with Crippen molar-refractivity contribution in [2.75, 3.05) is 31.6 Å². The summed E-state index contributed by atoms with van der Waals surface area (Å²) < 4.78 is 11.1. The second-order valence-corrected chi connectivity index (χ2v) is 5.33. The summed E-state index contributed by atoms with van der Waals surface area (Å²) in [4.78, 5) is 8.49. The Hall–Kier alpha value is -1.92. The first kappa shape index (κ1) is 15.0. The van der Waals surface area contributed by atoms with Gasteiger partial charge in [0.05, 0.1) is 31.7 Å². The summed E-state index contributed by atoms with van der Waals surface area (Å²) in [6.45, 7) is 5.22. The molecule has 0 aromatic carbocycles. The molecule has 1 aromatic heterocycles. The van der Waals surface area contributed by atoms with E-state index >= 15 is 0 Å². The van der Waals surface area contributed by atoms with Gasteiger partial charge in [0.2, 0.25) is 5.95 Å². The Balaban J connectivity index is 1.53. The fraction of sp³-hybridized carbons (Fsp3) is 0.500. The Kier molecular flexibility index (Phi) is 5.03. The van der Waals surface area contributed by atoms with Crippen molar-refractivity contribution in [2.45, 2.75) is 19.4 Å². The van der Waals surface area contributed by atoms with Crippen LogP contribution in [0, 0.1) is 5.92 Å². The molecule has 1 fully saturated rings. The van der Waals surface area contributed by atoms with Gasteiger partial charge >= 0.3 is 0 Å². The third-order valence-corrected chi connectivity index (χ3v) is 3.76. The highest BCUT2D eigenvalue weighted by molar-refractivity contribution is 5.41. The van der Waals surface area contributed by atoms with Crippen LogP contribution in [-0.4, -0.2) is 42.4 Å². The molecular weight excluding hydrogens is 280 g/mol. The SMILES string of the molecule is CCOc1cnc(NC2=CCC([C@H]3CNCCO3)C=C2)nc1. The molecule has 2 aliphatic rings. The van der Waals surface area contributed by atoms with Crippen LogP contribution in [0.15, 0.2) is 36.3 Å². The molecule has 0 amide bonds. The van der Waals surface area contributed by atoms with Gasteiger partial charge in [-0.15, -0.1) is 0 Å². The lowest BCUT2D eigenvalue weighted by molar-refractivity contribution is 0.00355. The molecule has 6 heteroatoms. The predicted octanol–water partition coefficient (Wildman–Crippen LogP) is 1.74. The van der Waals surface area contributed by atoms with E-state index in [1.165, 1.54) is 0 Å². The molecule has 1 aromatic rings. The second-order valence-electron chi connectivity index (χ2n) is 5.33. The van der Waals surface area contributed by atoms with E-state index in [9.17, 15) is 0 Å². The van der Waals surface area contributed by atoms with Gasteiger partial charge in [0.1, 0.15) is 0 Å². The minimum atomic E-state index is 0.268. The van der Waals surface area contributed by atoms with Crippen molar-refractivity contribution < 1.29 is 9.47 Å². The summed E-state index contributed by atoms with van der Waals surface area (Å²) in [6.07, 6.45) is 11.0. The lowest BCUT2D eigenvalue weighted by Crippen LogP contribution is -2.42. The number of aromatic nitrogens is 2. The number of morpholine rings is 1. The van der Waals surface area contributed by atoms with E-state index in [-0.39, 0.29) is 6.10 Å². The van der Waals surface area contributed by atoms with Gasteiger partial charge in [0.15, 0.2) is 5.75 Å². The molecule has 1 saturated heterocycles. The molecule has 2 N–H and O–H groups in total. The van der Waals surface area contributed by atoms with Gasteiger partial charge in [-0.1, -0.05) is 12.2 Å². The monoisotopic (exact) mass is 302 g/mol. The molecule has 0 bridgehead atoms. The van der Waals surface area contributed by atoms with Crippen molar-refractivity contribution in [3.8, 4) is 5.75 Å². The summed E-state index contributed by atoms with van der Waals surface area (Å²) in [5, 5.41) is 6.59. The van der Waals surface area contributed by atoms with E-state index in [1.54, 1.807) is 12.4 Å². The van der Waals surface area contributed by atoms with Crippen molar-refractivity contribution in [1.82, 2.24) is 15.3 Å². The van der Waals surface area contributed by atoms with Crippen molar-refractivity contribution in [3.63, 3.8) is 0 Å². The van der Waals surface area contributed by atoms with E-state index < -0.39 is 0 Å². The molecule has 1 aliphatic carbocycles. The van der Waals surface area contributed by atoms with Gasteiger partial charge < -0.3 is 20.1 Å². The van der Waals surface area contributed by atoms with Crippen LogP contribution >= 0.6 is 0 Å². The molecule has 2 heterocycles. The first-order chi connectivity index (χ1) is 10.8. The average Bonchev–Trinajstić information content (AvgIpc) is 2.58. The predicted molar refractivity (Wildman–Crippen MR) is 84.8 cm³/mol. The second kappa shape index (κ2) is 7.38. The van der Waals surface area contributed by atoms with Crippen LogP contribution in [-0.2, 0) is 4.74 Å². The molecule has 22 heavy (non-hydrogen) atoms. The minimum absolute atomic E-state index is 0.268. The zero-order valence-corrected chi connectivity index (χ0v) is 12.8. The lowest BCUT2D eigenvalue weighted by atomic mass is 9.93. The topological polar surface area (TPSA) is 68.3 Å². The lowest BCUT2D eigenvalue weighted by Gasteiger charge is -2.30. The van der Waals surface area contributed by atoms with E-state index in [0.29, 0.717) is 24.2 Å². The molecule has 6 nitrogen and oxygen atoms in total. The number of allylic oxidation sites excluding steroid dienone is 2. The molecule has 0 saturated carbocycles. The molecule has 1 unspecified atom stereocenters. The molecule has 3 rings (SSSR count). The van der Waals surface area contributed by atoms with Crippen molar-refractivity contribution in [3.05, 3.63) is 36.3 Å². The Labute approximate surface area is 130 Å². The molecule has 2 atom stereocenters. The Morgan fingerprint density at radius 2 is 2.27 bits per heavy atom. The van der Waals surface area contributed by atoms with Gasteiger partial charge in [0.25, 0.3) is 0 Å². The van der Waals surface area contributed by atoms with E-state index in [0.717, 1.165) is 31.8 Å². The van der Waals surface area contributed by atoms with Gasteiger partial charge in [-0.2, -0.15) is 0 Å². The van der Waals surface area contributed by atoms with Gasteiger partial charge in [-0.25, -0.2) is 9.97 Å². The van der Waals surface area contributed by atoms with E-state index in [4.69, 9.17) is 9.47 Å². The maximum atomic E-state index is 5.81. The van der Waals surface area contributed by atoms with Crippen molar-refractivity contribution in [1.29, 1.82) is 0 Å². The number of nitrogens with one attached hydrogen (secondary N) is 2. The van der Waals surface area contributed by atoms with Crippen LogP contribution in [0.1, 0.15) is 13.3 Å². The number of anilines is 1. The Morgan fingerprint density at radius 3 is 2.91 bits per heavy atom. The molecule has 0 radical (unpaired) electrons. The fourth-order valence-electron chi connectivity index (χ4n) is 2.62. The summed E-state index contributed by atoms with van der Waals surface area (Å²) in [6, 6.07) is 0. The molecule has 0 spiro atoms. The largest absolute Gasteiger partial charge is 0.491 e. The zero-order chi connectivity index (χ0) is 15.2. The number of nitrogens with zero attached hydrogens (tertiary/aromatic N) is 2. The number of hydrogen-bond donors (Lipinski definition) is 2. The van der Waals surface area contributed by atoms with E-state index in [1.807, 2.05) is 6.92 Å². The summed E-state index contributed by atoms with van der Waals surface area (Å²) in [5.41, 5.74) is 1.02. The van der Waals surface area contributed by atoms with Gasteiger partial charge in [0, 0.05) is 24.7 Å². The first-order valence-corrected chi connectivity index (χ1v) is 7.77. The quantitative estimate of drug-likeness (QED) is 0.863. The van der Waals surface area contributed by atoms with Crippen LogP contribution in [0.3, 0.4) is 0 Å². The Bertz CT molecular complexity index is 536. The Morgan fingerprint density at radius 1 is 1.41 bits per heavy atom. The highest BCUT2D eigenvalue weighted by Gasteiger charge is 2.23. The smallest absolute Gasteiger partial charge is 0.227 e. The number of rotatable bonds is 5. The first-order valence-electron chi connectivity index (χ1n) is 7.77. The van der Waals surface area contributed by atoms with Crippen LogP contribution in [0.5, 0.6) is 5.75 Å². The number of ether oxygens (including phenoxy) is 2. The van der Waals surface area contributed by atoms with Crippen molar-refractivity contribution >= 4 is 5.95 Å². The minimum Gasteiger partial charge on any atom is -0.491 e. The van der Waals surface area contributed by atoms with Crippen LogP contribution in [0.4, 0.5) is 5.95 Å². The van der Waals surface area contributed by atoms with Crippen LogP contribution < -0.4 is 15.4 Å². The van der Waals surface area contributed by atoms with Crippen LogP contribution in [0.2, 0.25) is 0 Å². The summed E-state index contributed by atoms with van der Waals surface area (Å²) in [5.74, 6) is 1.69. The maximum absolute atomic E-state index is 5.81. The normalized spacial score (nSPS) is 24.7. The molecule has 118 valence electrons. The summed E-state index contributed by atoms with van der Waals surface area (Å²) >= 11 is 0. The van der Waals surface area contributed by atoms with E-state index in [2.05, 4.69) is 38.8 Å². The zero-order valence-electron chi connectivity index (χ0n) is 12.8.